The van der Waals surface area contributed by atoms with E-state index >= 15 is 0 Å². The van der Waals surface area contributed by atoms with Crippen LogP contribution in [0.2, 0.25) is 0 Å². The Balaban J connectivity index is 2.66. The molecule has 0 saturated carbocycles. The highest BCUT2D eigenvalue weighted by Crippen LogP contribution is 2.15. The minimum Gasteiger partial charge on any atom is -0.472 e. The number of furan rings is 1. The summed E-state index contributed by atoms with van der Waals surface area (Å²) in [4.78, 5) is 0. The highest BCUT2D eigenvalue weighted by Gasteiger charge is 1.99. The molecular formula is C10H11BO. The van der Waals surface area contributed by atoms with Gasteiger partial charge in [0.1, 0.15) is 5.58 Å². The molecular weight excluding hydrogens is 147 g/mol. The molecule has 0 spiro atoms. The quantitative estimate of drug-likeness (QED) is 0.569. The van der Waals surface area contributed by atoms with Crippen LogP contribution in [0, 0.1) is 0 Å². The maximum atomic E-state index is 5.47. The first-order valence-electron chi connectivity index (χ1n) is 4.28. The standard InChI is InChI=1S/C10H11BO/c1-2-7-3-4-9-8(5-7)6-10(11)12-9/h3-6H,2,11H2,1H3. The minimum atomic E-state index is 0.984. The molecule has 2 rings (SSSR count). The van der Waals surface area contributed by atoms with Gasteiger partial charge in [-0.2, -0.15) is 0 Å². The van der Waals surface area contributed by atoms with Crippen LogP contribution in [0.4, 0.5) is 0 Å². The molecule has 60 valence electrons. The van der Waals surface area contributed by atoms with E-state index in [1.165, 1.54) is 10.9 Å². The minimum absolute atomic E-state index is 0.984. The maximum absolute atomic E-state index is 5.47. The Morgan fingerprint density at radius 3 is 2.92 bits per heavy atom. The Kier molecular flexibility index (Phi) is 1.68. The Labute approximate surface area is 72.8 Å². The third-order valence-corrected chi connectivity index (χ3v) is 2.11. The number of hydrogen-bond donors (Lipinski definition) is 0. The number of rotatable bonds is 1. The largest absolute Gasteiger partial charge is 0.472 e. The summed E-state index contributed by atoms with van der Waals surface area (Å²) in [5.74, 6) is 0. The molecule has 0 bridgehead atoms. The summed E-state index contributed by atoms with van der Waals surface area (Å²) in [6, 6.07) is 8.42. The Bertz CT molecular complexity index is 403. The topological polar surface area (TPSA) is 13.1 Å². The van der Waals surface area contributed by atoms with E-state index in [0.29, 0.717) is 0 Å². The first kappa shape index (κ1) is 7.47. The Morgan fingerprint density at radius 2 is 2.17 bits per heavy atom. The van der Waals surface area contributed by atoms with Crippen molar-refractivity contribution in [3.8, 4) is 0 Å². The molecule has 0 aliphatic carbocycles. The van der Waals surface area contributed by atoms with Gasteiger partial charge >= 0.3 is 0 Å². The fourth-order valence-electron chi connectivity index (χ4n) is 1.45. The second kappa shape index (κ2) is 2.70. The van der Waals surface area contributed by atoms with Gasteiger partial charge < -0.3 is 4.42 Å². The third-order valence-electron chi connectivity index (χ3n) is 2.11. The van der Waals surface area contributed by atoms with Crippen molar-refractivity contribution in [1.82, 2.24) is 0 Å². The molecule has 0 amide bonds. The number of aryl methyl sites for hydroxylation is 1. The summed E-state index contributed by atoms with van der Waals surface area (Å²) in [6.07, 6.45) is 1.08. The molecule has 2 heteroatoms. The predicted octanol–water partition coefficient (Wildman–Crippen LogP) is 1.25. The summed E-state index contributed by atoms with van der Waals surface area (Å²) in [7, 11) is 1.98. The van der Waals surface area contributed by atoms with E-state index in [-0.39, 0.29) is 0 Å². The Hall–Kier alpha value is -1.18. The zero-order valence-corrected chi connectivity index (χ0v) is 7.42. The molecule has 1 nitrogen and oxygen atoms in total. The van der Waals surface area contributed by atoms with Crippen LogP contribution in [0.1, 0.15) is 12.5 Å². The lowest BCUT2D eigenvalue weighted by Gasteiger charge is -1.93. The van der Waals surface area contributed by atoms with Crippen LogP contribution >= 0.6 is 0 Å². The molecule has 0 atom stereocenters. The fraction of sp³-hybridized carbons (Fsp3) is 0.200. The van der Waals surface area contributed by atoms with E-state index in [1.54, 1.807) is 0 Å². The van der Waals surface area contributed by atoms with E-state index in [2.05, 4.69) is 25.1 Å². The average molecular weight is 158 g/mol. The second-order valence-corrected chi connectivity index (χ2v) is 3.08. The van der Waals surface area contributed by atoms with Crippen molar-refractivity contribution in [2.45, 2.75) is 13.3 Å². The van der Waals surface area contributed by atoms with Gasteiger partial charge in [0.05, 0.1) is 5.66 Å². The molecule has 0 radical (unpaired) electrons. The molecule has 0 unspecified atom stereocenters. The fourth-order valence-corrected chi connectivity index (χ4v) is 1.45. The van der Waals surface area contributed by atoms with Crippen molar-refractivity contribution >= 4 is 24.5 Å². The molecule has 12 heavy (non-hydrogen) atoms. The molecule has 1 heterocycles. The number of benzene rings is 1. The molecule has 0 aliphatic heterocycles. The molecule has 2 aromatic rings. The van der Waals surface area contributed by atoms with Gasteiger partial charge in [-0.15, -0.1) is 0 Å². The lowest BCUT2D eigenvalue weighted by molar-refractivity contribution is 0.653. The summed E-state index contributed by atoms with van der Waals surface area (Å²) < 4.78 is 5.47. The van der Waals surface area contributed by atoms with E-state index < -0.39 is 0 Å². The van der Waals surface area contributed by atoms with Crippen LogP contribution in [-0.2, 0) is 6.42 Å². The molecule has 0 saturated heterocycles. The number of hydrogen-bond acceptors (Lipinski definition) is 1. The van der Waals surface area contributed by atoms with Crippen molar-refractivity contribution in [3.63, 3.8) is 0 Å². The van der Waals surface area contributed by atoms with Crippen molar-refractivity contribution in [1.29, 1.82) is 0 Å². The van der Waals surface area contributed by atoms with Crippen LogP contribution in [0.5, 0.6) is 0 Å². The van der Waals surface area contributed by atoms with Gasteiger partial charge in [0.25, 0.3) is 0 Å². The molecule has 0 N–H and O–H groups in total. The van der Waals surface area contributed by atoms with Crippen LogP contribution in [0.3, 0.4) is 0 Å². The second-order valence-electron chi connectivity index (χ2n) is 3.08. The number of fused-ring (bicyclic) bond motifs is 1. The SMILES string of the molecule is Bc1cc2cc(CC)ccc2o1. The summed E-state index contributed by atoms with van der Waals surface area (Å²) >= 11 is 0. The van der Waals surface area contributed by atoms with E-state index in [0.717, 1.165) is 17.7 Å². The summed E-state index contributed by atoms with van der Waals surface area (Å²) in [5, 5.41) is 1.21. The molecule has 1 aromatic carbocycles. The van der Waals surface area contributed by atoms with Gasteiger partial charge in [-0.05, 0) is 30.2 Å². The average Bonchev–Trinajstić information content (AvgIpc) is 2.43. The molecule has 0 fully saturated rings. The van der Waals surface area contributed by atoms with E-state index in [1.807, 2.05) is 13.9 Å². The van der Waals surface area contributed by atoms with Crippen molar-refractivity contribution in [2.24, 2.45) is 0 Å². The highest BCUT2D eigenvalue weighted by atomic mass is 16.3. The van der Waals surface area contributed by atoms with Gasteiger partial charge in [-0.25, -0.2) is 0 Å². The first-order chi connectivity index (χ1) is 5.79. The molecule has 1 aromatic heterocycles. The van der Waals surface area contributed by atoms with Crippen molar-refractivity contribution < 1.29 is 4.42 Å². The van der Waals surface area contributed by atoms with Crippen LogP contribution in [0.25, 0.3) is 11.0 Å². The molecule has 0 aliphatic rings. The third kappa shape index (κ3) is 1.13. The van der Waals surface area contributed by atoms with Crippen molar-refractivity contribution in [3.05, 3.63) is 29.8 Å². The summed E-state index contributed by atoms with van der Waals surface area (Å²) in [6.45, 7) is 2.16. The van der Waals surface area contributed by atoms with Crippen LogP contribution in [-0.4, -0.2) is 7.85 Å². The van der Waals surface area contributed by atoms with Gasteiger partial charge in [0.15, 0.2) is 7.85 Å². The Morgan fingerprint density at radius 1 is 1.33 bits per heavy atom. The van der Waals surface area contributed by atoms with E-state index in [9.17, 15) is 0 Å². The zero-order valence-electron chi connectivity index (χ0n) is 7.42. The maximum Gasteiger partial charge on any atom is 0.186 e. The van der Waals surface area contributed by atoms with Crippen molar-refractivity contribution in [2.75, 3.05) is 0 Å². The zero-order chi connectivity index (χ0) is 8.55. The van der Waals surface area contributed by atoms with Gasteiger partial charge in [0.2, 0.25) is 0 Å². The smallest absolute Gasteiger partial charge is 0.186 e. The highest BCUT2D eigenvalue weighted by molar-refractivity contribution is 6.31. The normalized spacial score (nSPS) is 10.8. The monoisotopic (exact) mass is 158 g/mol. The van der Waals surface area contributed by atoms with Crippen LogP contribution in [0.15, 0.2) is 28.7 Å². The van der Waals surface area contributed by atoms with Gasteiger partial charge in [-0.1, -0.05) is 13.0 Å². The first-order valence-corrected chi connectivity index (χ1v) is 4.28. The summed E-state index contributed by atoms with van der Waals surface area (Å²) in [5.41, 5.74) is 3.34. The van der Waals surface area contributed by atoms with E-state index in [4.69, 9.17) is 4.42 Å². The lowest BCUT2D eigenvalue weighted by Crippen LogP contribution is -1.92. The van der Waals surface area contributed by atoms with Gasteiger partial charge in [0, 0.05) is 5.39 Å². The lowest BCUT2D eigenvalue weighted by atomic mass is 10.1. The van der Waals surface area contributed by atoms with Gasteiger partial charge in [-0.3, -0.25) is 0 Å². The predicted molar refractivity (Wildman–Crippen MR) is 53.8 cm³/mol. The van der Waals surface area contributed by atoms with Crippen LogP contribution < -0.4 is 5.66 Å².